The molecule has 0 aliphatic rings. The van der Waals surface area contributed by atoms with Crippen LogP contribution in [0.5, 0.6) is 0 Å². The number of rotatable bonds is 4. The standard InChI is InChI=1S/C48H29N9/c1-6-20-36-30(15-1)31-16-2-7-21-37(31)53(36)45-29-35(49-46(52-45)57-44-28-14-13-27-43(44)56-40-24-10-5-19-34(40)51-48(56)57)32-17-3-8-22-38(32)54-41-25-11-12-26-42(41)55-39-23-9-4-18-33(39)50-47(54)55/h1-29H. The highest BCUT2D eigenvalue weighted by atomic mass is 15.3. The first kappa shape index (κ1) is 30.3. The average Bonchev–Trinajstić information content (AvgIpc) is 4.06. The van der Waals surface area contributed by atoms with Gasteiger partial charge in [-0.2, -0.15) is 4.98 Å². The molecule has 0 spiro atoms. The number of hydrogen-bond donors (Lipinski definition) is 0. The summed E-state index contributed by atoms with van der Waals surface area (Å²) in [7, 11) is 0. The average molecular weight is 732 g/mol. The van der Waals surface area contributed by atoms with Crippen LogP contribution in [0, 0.1) is 0 Å². The van der Waals surface area contributed by atoms with E-state index in [9.17, 15) is 0 Å². The molecule has 9 heteroatoms. The topological polar surface area (TPSA) is 75.2 Å². The lowest BCUT2D eigenvalue weighted by Crippen LogP contribution is -2.08. The van der Waals surface area contributed by atoms with Gasteiger partial charge in [-0.3, -0.25) is 17.9 Å². The third-order valence-corrected chi connectivity index (χ3v) is 11.3. The Kier molecular flexibility index (Phi) is 5.98. The Bertz CT molecular complexity index is 3730. The smallest absolute Gasteiger partial charge is 0.239 e. The second kappa shape index (κ2) is 11.2. The van der Waals surface area contributed by atoms with E-state index in [1.807, 2.05) is 12.1 Å². The van der Waals surface area contributed by atoms with Gasteiger partial charge in [0.1, 0.15) is 5.82 Å². The van der Waals surface area contributed by atoms with Crippen LogP contribution in [-0.4, -0.2) is 42.4 Å². The number of imidazole rings is 4. The maximum absolute atomic E-state index is 5.50. The monoisotopic (exact) mass is 731 g/mol. The normalized spacial score (nSPS) is 12.2. The van der Waals surface area contributed by atoms with Crippen molar-refractivity contribution in [3.8, 4) is 28.7 Å². The fraction of sp³-hybridized carbons (Fsp3) is 0. The SMILES string of the molecule is c1ccc(-n2c3ccccc3n3c4ccccc4nc23)c(-c2cc(-n3c4ccccc4c4ccccc43)nc(-n3c4ccccc4n4c5ccccc5nc34)n2)c1. The molecule has 0 bridgehead atoms. The molecule has 0 aliphatic heterocycles. The van der Waals surface area contributed by atoms with E-state index in [1.165, 1.54) is 0 Å². The van der Waals surface area contributed by atoms with Crippen molar-refractivity contribution in [2.45, 2.75) is 0 Å². The van der Waals surface area contributed by atoms with Crippen LogP contribution < -0.4 is 0 Å². The van der Waals surface area contributed by atoms with Crippen LogP contribution >= 0.6 is 0 Å². The lowest BCUT2D eigenvalue weighted by Gasteiger charge is -2.15. The summed E-state index contributed by atoms with van der Waals surface area (Å²) in [4.78, 5) is 21.4. The summed E-state index contributed by atoms with van der Waals surface area (Å²) in [5, 5.41) is 2.33. The Balaban J connectivity index is 1.16. The van der Waals surface area contributed by atoms with Crippen molar-refractivity contribution in [3.05, 3.63) is 176 Å². The van der Waals surface area contributed by atoms with Crippen LogP contribution in [0.3, 0.4) is 0 Å². The summed E-state index contributed by atoms with van der Waals surface area (Å²) in [6.45, 7) is 0. The van der Waals surface area contributed by atoms with Crippen LogP contribution in [0.1, 0.15) is 0 Å². The van der Waals surface area contributed by atoms with E-state index in [0.717, 1.165) is 100 Å². The van der Waals surface area contributed by atoms with Gasteiger partial charge in [-0.1, -0.05) is 103 Å². The molecule has 7 aromatic carbocycles. The summed E-state index contributed by atoms with van der Waals surface area (Å²) in [5.41, 5.74) is 12.9. The Morgan fingerprint density at radius 1 is 0.333 bits per heavy atom. The van der Waals surface area contributed by atoms with Crippen molar-refractivity contribution in [3.63, 3.8) is 0 Å². The molecule has 0 N–H and O–H groups in total. The molecule has 0 saturated carbocycles. The van der Waals surface area contributed by atoms with Gasteiger partial charge in [0.05, 0.1) is 66.5 Å². The quantitative estimate of drug-likeness (QED) is 0.181. The molecule has 13 rings (SSSR count). The molecule has 0 amide bonds. The Labute approximate surface area is 323 Å². The Hall–Kier alpha value is -8.04. The van der Waals surface area contributed by atoms with Crippen LogP contribution in [0.2, 0.25) is 0 Å². The summed E-state index contributed by atoms with van der Waals surface area (Å²) in [6.07, 6.45) is 0. The van der Waals surface area contributed by atoms with E-state index in [2.05, 4.69) is 186 Å². The van der Waals surface area contributed by atoms with Crippen molar-refractivity contribution >= 4 is 77.5 Å². The van der Waals surface area contributed by atoms with E-state index in [-0.39, 0.29) is 0 Å². The molecule has 57 heavy (non-hydrogen) atoms. The summed E-state index contributed by atoms with van der Waals surface area (Å²) >= 11 is 0. The molecule has 266 valence electrons. The summed E-state index contributed by atoms with van der Waals surface area (Å²) in [6, 6.07) is 61.1. The van der Waals surface area contributed by atoms with Crippen LogP contribution in [0.15, 0.2) is 176 Å². The first-order valence-corrected chi connectivity index (χ1v) is 19.0. The van der Waals surface area contributed by atoms with E-state index in [4.69, 9.17) is 19.9 Å². The molecule has 13 aromatic rings. The Morgan fingerprint density at radius 2 is 0.789 bits per heavy atom. The molecular weight excluding hydrogens is 703 g/mol. The number of fused-ring (bicyclic) bond motifs is 13. The molecule has 0 saturated heterocycles. The first-order chi connectivity index (χ1) is 28.3. The van der Waals surface area contributed by atoms with Gasteiger partial charge in [0.25, 0.3) is 0 Å². The van der Waals surface area contributed by atoms with Gasteiger partial charge in [-0.25, -0.2) is 19.5 Å². The van der Waals surface area contributed by atoms with E-state index >= 15 is 0 Å². The Morgan fingerprint density at radius 3 is 1.40 bits per heavy atom. The van der Waals surface area contributed by atoms with Gasteiger partial charge in [-0.15, -0.1) is 0 Å². The molecule has 0 atom stereocenters. The van der Waals surface area contributed by atoms with Gasteiger partial charge in [-0.05, 0) is 66.7 Å². The molecule has 0 aliphatic carbocycles. The minimum atomic E-state index is 0.523. The highest BCUT2D eigenvalue weighted by Crippen LogP contribution is 2.37. The van der Waals surface area contributed by atoms with Crippen molar-refractivity contribution < 1.29 is 0 Å². The highest BCUT2D eigenvalue weighted by molar-refractivity contribution is 6.09. The van der Waals surface area contributed by atoms with Crippen molar-refractivity contribution in [2.75, 3.05) is 0 Å². The zero-order valence-corrected chi connectivity index (χ0v) is 30.3. The lowest BCUT2D eigenvalue weighted by atomic mass is 10.1. The van der Waals surface area contributed by atoms with Gasteiger partial charge < -0.3 is 0 Å². The number of nitrogens with zero attached hydrogens (tertiary/aromatic N) is 9. The molecule has 9 nitrogen and oxygen atoms in total. The number of benzene rings is 7. The molecular formula is C48H29N9. The molecule has 0 fully saturated rings. The number of para-hydroxylation sites is 11. The van der Waals surface area contributed by atoms with Gasteiger partial charge in [0, 0.05) is 22.4 Å². The maximum Gasteiger partial charge on any atom is 0.239 e. The van der Waals surface area contributed by atoms with E-state index in [0.29, 0.717) is 5.95 Å². The number of hydrogen-bond acceptors (Lipinski definition) is 4. The largest absolute Gasteiger partial charge is 0.294 e. The third-order valence-electron chi connectivity index (χ3n) is 11.3. The summed E-state index contributed by atoms with van der Waals surface area (Å²) in [5.74, 6) is 2.86. The number of aromatic nitrogens is 9. The zero-order chi connectivity index (χ0) is 37.2. The van der Waals surface area contributed by atoms with Gasteiger partial charge in [0.2, 0.25) is 17.5 Å². The lowest BCUT2D eigenvalue weighted by molar-refractivity contribution is 0.936. The van der Waals surface area contributed by atoms with E-state index in [1.54, 1.807) is 0 Å². The molecule has 0 radical (unpaired) electrons. The third kappa shape index (κ3) is 4.11. The van der Waals surface area contributed by atoms with Gasteiger partial charge >= 0.3 is 0 Å². The summed E-state index contributed by atoms with van der Waals surface area (Å²) < 4.78 is 11.1. The maximum atomic E-state index is 5.50. The first-order valence-electron chi connectivity index (χ1n) is 19.0. The fourth-order valence-corrected chi connectivity index (χ4v) is 8.97. The van der Waals surface area contributed by atoms with Crippen molar-refractivity contribution in [1.29, 1.82) is 0 Å². The second-order valence-electron chi connectivity index (χ2n) is 14.4. The fourth-order valence-electron chi connectivity index (χ4n) is 8.97. The highest BCUT2D eigenvalue weighted by Gasteiger charge is 2.24. The predicted octanol–water partition coefficient (Wildman–Crippen LogP) is 10.7. The molecule has 6 heterocycles. The second-order valence-corrected chi connectivity index (χ2v) is 14.4. The van der Waals surface area contributed by atoms with Crippen LogP contribution in [0.4, 0.5) is 0 Å². The van der Waals surface area contributed by atoms with Crippen molar-refractivity contribution in [2.24, 2.45) is 0 Å². The molecule has 0 unspecified atom stereocenters. The predicted molar refractivity (Wildman–Crippen MR) is 228 cm³/mol. The minimum Gasteiger partial charge on any atom is -0.294 e. The zero-order valence-electron chi connectivity index (χ0n) is 30.3. The minimum absolute atomic E-state index is 0.523. The van der Waals surface area contributed by atoms with Crippen LogP contribution in [0.25, 0.3) is 106 Å². The van der Waals surface area contributed by atoms with Crippen LogP contribution in [-0.2, 0) is 0 Å². The van der Waals surface area contributed by atoms with Crippen molar-refractivity contribution in [1.82, 2.24) is 42.4 Å². The van der Waals surface area contributed by atoms with Gasteiger partial charge in [0.15, 0.2) is 0 Å². The van der Waals surface area contributed by atoms with E-state index < -0.39 is 0 Å². The molecule has 6 aromatic heterocycles.